The van der Waals surface area contributed by atoms with Crippen molar-refractivity contribution in [2.24, 2.45) is 11.8 Å². The Kier molecular flexibility index (Phi) is 4.62. The quantitative estimate of drug-likeness (QED) is 0.898. The van der Waals surface area contributed by atoms with Crippen LogP contribution in [0.5, 0.6) is 0 Å². The molecule has 1 amide bonds. The molecule has 3 heterocycles. The van der Waals surface area contributed by atoms with E-state index in [1.54, 1.807) is 11.3 Å². The molecule has 5 heteroatoms. The summed E-state index contributed by atoms with van der Waals surface area (Å²) in [7, 11) is 1.92. The van der Waals surface area contributed by atoms with Gasteiger partial charge >= 0.3 is 0 Å². The molecule has 0 spiro atoms. The highest BCUT2D eigenvalue weighted by atomic mass is 32.1. The lowest BCUT2D eigenvalue weighted by Crippen LogP contribution is -2.42. The molecule has 116 valence electrons. The largest absolute Gasteiger partial charge is 0.340 e. The highest BCUT2D eigenvalue weighted by Gasteiger charge is 2.43. The zero-order valence-electron chi connectivity index (χ0n) is 12.9. The Morgan fingerprint density at radius 1 is 1.52 bits per heavy atom. The average molecular weight is 307 g/mol. The third-order valence-corrected chi connectivity index (χ3v) is 5.84. The van der Waals surface area contributed by atoms with Crippen molar-refractivity contribution >= 4 is 17.2 Å². The van der Waals surface area contributed by atoms with Crippen molar-refractivity contribution in [1.29, 1.82) is 0 Å². The predicted octanol–water partition coefficient (Wildman–Crippen LogP) is 1.64. The monoisotopic (exact) mass is 307 g/mol. The maximum Gasteiger partial charge on any atom is 0.236 e. The van der Waals surface area contributed by atoms with Gasteiger partial charge in [-0.1, -0.05) is 13.0 Å². The van der Waals surface area contributed by atoms with Gasteiger partial charge in [-0.3, -0.25) is 9.69 Å². The first-order chi connectivity index (χ1) is 10.2. The van der Waals surface area contributed by atoms with E-state index in [1.807, 2.05) is 18.0 Å². The Morgan fingerprint density at radius 2 is 2.38 bits per heavy atom. The number of hydrogen-bond donors (Lipinski definition) is 1. The van der Waals surface area contributed by atoms with Crippen molar-refractivity contribution in [3.8, 4) is 0 Å². The number of likely N-dealkylation sites (tertiary alicyclic amines) is 1. The molecule has 0 aliphatic carbocycles. The summed E-state index contributed by atoms with van der Waals surface area (Å²) in [5.41, 5.74) is 0. The van der Waals surface area contributed by atoms with E-state index in [2.05, 4.69) is 28.6 Å². The van der Waals surface area contributed by atoms with Crippen LogP contribution in [0.25, 0.3) is 0 Å². The molecule has 3 unspecified atom stereocenters. The first-order valence-corrected chi connectivity index (χ1v) is 8.78. The summed E-state index contributed by atoms with van der Waals surface area (Å²) in [4.78, 5) is 18.0. The number of fused-ring (bicyclic) bond motifs is 1. The maximum atomic E-state index is 12.5. The minimum absolute atomic E-state index is 0.245. The number of thiophene rings is 1. The Balaban J connectivity index is 1.56. The number of likely N-dealkylation sites (N-methyl/N-ethyl adjacent to an activating group) is 1. The molecule has 0 radical (unpaired) electrons. The molecule has 2 saturated heterocycles. The van der Waals surface area contributed by atoms with Gasteiger partial charge in [0.2, 0.25) is 5.91 Å². The van der Waals surface area contributed by atoms with Gasteiger partial charge in [0, 0.05) is 24.5 Å². The second-order valence-corrected chi connectivity index (χ2v) is 7.35. The van der Waals surface area contributed by atoms with Gasteiger partial charge in [0.25, 0.3) is 0 Å². The first kappa shape index (κ1) is 15.0. The van der Waals surface area contributed by atoms with Crippen LogP contribution in [0.1, 0.15) is 18.2 Å². The molecule has 2 aliphatic heterocycles. The van der Waals surface area contributed by atoms with Crippen LogP contribution in [0.2, 0.25) is 0 Å². The number of carbonyl (C=O) groups excluding carboxylic acids is 1. The molecular weight excluding hydrogens is 282 g/mol. The number of rotatable bonds is 5. The summed E-state index contributed by atoms with van der Waals surface area (Å²) in [5.74, 6) is 1.73. The predicted molar refractivity (Wildman–Crippen MR) is 86.3 cm³/mol. The molecule has 4 nitrogen and oxygen atoms in total. The van der Waals surface area contributed by atoms with E-state index in [1.165, 1.54) is 4.88 Å². The van der Waals surface area contributed by atoms with Crippen LogP contribution in [0.3, 0.4) is 0 Å². The SMILES string of the molecule is CCC1C2CNCC2CN1CC(=O)N(C)Cc1cccs1. The van der Waals surface area contributed by atoms with Crippen molar-refractivity contribution < 1.29 is 4.79 Å². The molecule has 0 aromatic carbocycles. The maximum absolute atomic E-state index is 12.5. The molecule has 1 N–H and O–H groups in total. The molecule has 0 bridgehead atoms. The van der Waals surface area contributed by atoms with E-state index in [0.29, 0.717) is 12.6 Å². The third-order valence-electron chi connectivity index (χ3n) is 4.98. The average Bonchev–Trinajstić information content (AvgIpc) is 3.15. The van der Waals surface area contributed by atoms with E-state index in [-0.39, 0.29) is 5.91 Å². The summed E-state index contributed by atoms with van der Waals surface area (Å²) in [6.07, 6.45) is 1.14. The Hall–Kier alpha value is -0.910. The fourth-order valence-electron chi connectivity index (χ4n) is 3.87. The van der Waals surface area contributed by atoms with Gasteiger partial charge in [-0.05, 0) is 42.8 Å². The minimum atomic E-state index is 0.245. The zero-order chi connectivity index (χ0) is 14.8. The van der Waals surface area contributed by atoms with E-state index in [0.717, 1.165) is 44.4 Å². The summed E-state index contributed by atoms with van der Waals surface area (Å²) in [6, 6.07) is 4.71. The Morgan fingerprint density at radius 3 is 3.10 bits per heavy atom. The number of carbonyl (C=O) groups is 1. The Labute approximate surface area is 131 Å². The summed E-state index contributed by atoms with van der Waals surface area (Å²) in [5, 5.41) is 5.56. The fourth-order valence-corrected chi connectivity index (χ4v) is 4.63. The lowest BCUT2D eigenvalue weighted by Gasteiger charge is -2.28. The van der Waals surface area contributed by atoms with Crippen molar-refractivity contribution in [2.75, 3.05) is 33.2 Å². The number of nitrogens with zero attached hydrogens (tertiary/aromatic N) is 2. The van der Waals surface area contributed by atoms with Crippen molar-refractivity contribution in [3.63, 3.8) is 0 Å². The third kappa shape index (κ3) is 3.15. The molecule has 2 aliphatic rings. The van der Waals surface area contributed by atoms with E-state index in [9.17, 15) is 4.79 Å². The molecule has 2 fully saturated rings. The van der Waals surface area contributed by atoms with Crippen molar-refractivity contribution in [2.45, 2.75) is 25.9 Å². The lowest BCUT2D eigenvalue weighted by molar-refractivity contribution is -0.132. The highest BCUT2D eigenvalue weighted by molar-refractivity contribution is 7.09. The van der Waals surface area contributed by atoms with Crippen molar-refractivity contribution in [3.05, 3.63) is 22.4 Å². The molecule has 21 heavy (non-hydrogen) atoms. The Bertz CT molecular complexity index is 476. The van der Waals surface area contributed by atoms with E-state index < -0.39 is 0 Å². The van der Waals surface area contributed by atoms with Crippen LogP contribution >= 0.6 is 11.3 Å². The lowest BCUT2D eigenvalue weighted by atomic mass is 9.93. The van der Waals surface area contributed by atoms with Gasteiger partial charge in [-0.15, -0.1) is 11.3 Å². The number of amides is 1. The second-order valence-electron chi connectivity index (χ2n) is 6.32. The summed E-state index contributed by atoms with van der Waals surface area (Å²) >= 11 is 1.71. The second kappa shape index (κ2) is 6.46. The number of hydrogen-bond acceptors (Lipinski definition) is 4. The van der Waals surface area contributed by atoms with E-state index in [4.69, 9.17) is 0 Å². The highest BCUT2D eigenvalue weighted by Crippen LogP contribution is 2.34. The molecule has 1 aromatic heterocycles. The standard InChI is InChI=1S/C16H25N3OS/c1-3-15-14-8-17-7-12(14)9-19(15)11-16(20)18(2)10-13-5-4-6-21-13/h4-6,12,14-15,17H,3,7-11H2,1-2H3. The van der Waals surface area contributed by atoms with Gasteiger partial charge in [0.1, 0.15) is 0 Å². The van der Waals surface area contributed by atoms with E-state index >= 15 is 0 Å². The van der Waals surface area contributed by atoms with Gasteiger partial charge in [0.05, 0.1) is 13.1 Å². The summed E-state index contributed by atoms with van der Waals surface area (Å²) in [6.45, 7) is 6.88. The van der Waals surface area contributed by atoms with Gasteiger partial charge in [0.15, 0.2) is 0 Å². The zero-order valence-corrected chi connectivity index (χ0v) is 13.7. The topological polar surface area (TPSA) is 35.6 Å². The molecule has 1 aromatic rings. The van der Waals surface area contributed by atoms with Gasteiger partial charge in [-0.2, -0.15) is 0 Å². The molecule has 3 rings (SSSR count). The summed E-state index contributed by atoms with van der Waals surface area (Å²) < 4.78 is 0. The molecule has 3 atom stereocenters. The van der Waals surface area contributed by atoms with Crippen LogP contribution in [0.4, 0.5) is 0 Å². The van der Waals surface area contributed by atoms with Gasteiger partial charge in [-0.25, -0.2) is 0 Å². The van der Waals surface area contributed by atoms with Gasteiger partial charge < -0.3 is 10.2 Å². The molecule has 0 saturated carbocycles. The normalized spacial score (nSPS) is 28.8. The number of nitrogens with one attached hydrogen (secondary N) is 1. The fraction of sp³-hybridized carbons (Fsp3) is 0.688. The van der Waals surface area contributed by atoms with Crippen LogP contribution in [-0.2, 0) is 11.3 Å². The van der Waals surface area contributed by atoms with Crippen LogP contribution in [-0.4, -0.2) is 55.0 Å². The van der Waals surface area contributed by atoms with Crippen LogP contribution in [0, 0.1) is 11.8 Å². The molecular formula is C16H25N3OS. The first-order valence-electron chi connectivity index (χ1n) is 7.90. The van der Waals surface area contributed by atoms with Crippen molar-refractivity contribution in [1.82, 2.24) is 15.1 Å². The smallest absolute Gasteiger partial charge is 0.236 e. The van der Waals surface area contributed by atoms with Crippen LogP contribution < -0.4 is 5.32 Å². The van der Waals surface area contributed by atoms with Crippen LogP contribution in [0.15, 0.2) is 17.5 Å². The minimum Gasteiger partial charge on any atom is -0.340 e.